The molecule has 0 aliphatic carbocycles. The van der Waals surface area contributed by atoms with Gasteiger partial charge in [-0.05, 0) is 19.8 Å². The second kappa shape index (κ2) is 18.2. The Kier molecular flexibility index (Phi) is 16.4. The monoisotopic (exact) mass is 394 g/mol. The number of carbonyl (C=O) groups is 1. The average molecular weight is 395 g/mol. The van der Waals surface area contributed by atoms with Gasteiger partial charge in [-0.1, -0.05) is 109 Å². The maximum Gasteiger partial charge on any atom is 0.333 e. The van der Waals surface area contributed by atoms with Crippen molar-refractivity contribution in [1.29, 1.82) is 0 Å². The van der Waals surface area contributed by atoms with Crippen LogP contribution in [0.1, 0.15) is 123 Å². The molecule has 1 fully saturated rings. The van der Waals surface area contributed by atoms with E-state index in [2.05, 4.69) is 6.92 Å². The second-order valence-corrected chi connectivity index (χ2v) is 8.52. The lowest BCUT2D eigenvalue weighted by molar-refractivity contribution is -0.139. The number of esters is 1. The minimum absolute atomic E-state index is 0.165. The quantitative estimate of drug-likeness (QED) is 0.0927. The highest BCUT2D eigenvalue weighted by molar-refractivity contribution is 5.87. The summed E-state index contributed by atoms with van der Waals surface area (Å²) in [6.45, 7) is 5.50. The summed E-state index contributed by atoms with van der Waals surface area (Å²) in [6, 6.07) is 0. The number of hydrogen-bond acceptors (Lipinski definition) is 3. The van der Waals surface area contributed by atoms with E-state index >= 15 is 0 Å². The first-order valence-corrected chi connectivity index (χ1v) is 12.2. The van der Waals surface area contributed by atoms with Gasteiger partial charge in [0.05, 0.1) is 19.3 Å². The largest absolute Gasteiger partial charge is 0.462 e. The third kappa shape index (κ3) is 16.2. The molecule has 1 aliphatic rings. The molecule has 1 unspecified atom stereocenters. The molecule has 0 spiro atoms. The van der Waals surface area contributed by atoms with Crippen LogP contribution in [0.4, 0.5) is 0 Å². The van der Waals surface area contributed by atoms with Gasteiger partial charge in [0, 0.05) is 5.57 Å². The molecule has 1 aliphatic heterocycles. The Morgan fingerprint density at radius 2 is 1.25 bits per heavy atom. The lowest BCUT2D eigenvalue weighted by Gasteiger charge is -2.05. The van der Waals surface area contributed by atoms with E-state index in [1.54, 1.807) is 0 Å². The summed E-state index contributed by atoms with van der Waals surface area (Å²) >= 11 is 0. The van der Waals surface area contributed by atoms with E-state index in [0.717, 1.165) is 19.4 Å². The number of rotatable bonds is 20. The fourth-order valence-electron chi connectivity index (χ4n) is 3.52. The van der Waals surface area contributed by atoms with Gasteiger partial charge in [0.15, 0.2) is 0 Å². The molecule has 1 saturated heterocycles. The maximum atomic E-state index is 11.8. The van der Waals surface area contributed by atoms with Crippen molar-refractivity contribution >= 4 is 5.97 Å². The molecule has 0 aromatic heterocycles. The van der Waals surface area contributed by atoms with Crippen LogP contribution in [0.5, 0.6) is 0 Å². The lowest BCUT2D eigenvalue weighted by atomic mass is 10.0. The molecule has 164 valence electrons. The first-order chi connectivity index (χ1) is 13.7. The van der Waals surface area contributed by atoms with Crippen molar-refractivity contribution in [3.63, 3.8) is 0 Å². The summed E-state index contributed by atoms with van der Waals surface area (Å²) in [5.41, 5.74) is 0.715. The van der Waals surface area contributed by atoms with E-state index in [1.165, 1.54) is 96.3 Å². The molecule has 0 saturated carbocycles. The number of ether oxygens (including phenoxy) is 2. The Bertz CT molecular complexity index is 399. The van der Waals surface area contributed by atoms with Crippen molar-refractivity contribution in [3.8, 4) is 0 Å². The van der Waals surface area contributed by atoms with Crippen molar-refractivity contribution in [2.24, 2.45) is 0 Å². The topological polar surface area (TPSA) is 38.8 Å². The molecule has 0 amide bonds. The Morgan fingerprint density at radius 3 is 1.68 bits per heavy atom. The Morgan fingerprint density at radius 1 is 0.821 bits per heavy atom. The number of epoxide rings is 1. The molecule has 1 rings (SSSR count). The molecule has 0 aromatic rings. The summed E-state index contributed by atoms with van der Waals surface area (Å²) in [5.74, 6) is -0.165. The van der Waals surface area contributed by atoms with Crippen LogP contribution in [0.2, 0.25) is 0 Å². The van der Waals surface area contributed by atoms with E-state index in [-0.39, 0.29) is 5.97 Å². The van der Waals surface area contributed by atoms with Crippen molar-refractivity contribution in [2.45, 2.75) is 129 Å². The second-order valence-electron chi connectivity index (χ2n) is 8.52. The van der Waals surface area contributed by atoms with Gasteiger partial charge in [-0.25, -0.2) is 4.79 Å². The fraction of sp³-hybridized carbons (Fsp3) is 0.880. The summed E-state index contributed by atoms with van der Waals surface area (Å²) in [4.78, 5) is 11.8. The molecular formula is C25H46O3. The summed E-state index contributed by atoms with van der Waals surface area (Å²) in [5, 5.41) is 0. The van der Waals surface area contributed by atoms with Crippen molar-refractivity contribution in [2.75, 3.05) is 13.2 Å². The first kappa shape index (κ1) is 25.2. The normalized spacial score (nSPS) is 16.4. The van der Waals surface area contributed by atoms with E-state index in [0.29, 0.717) is 18.3 Å². The standard InChI is InChI=1S/C25H46O3/c1-3-4-5-6-7-8-9-10-11-12-13-14-15-16-17-18-21-27-25(26)23(2)19-20-24-22-28-24/h19,24H,3-18,20-22H2,1-2H3. The molecule has 3 heteroatoms. The van der Waals surface area contributed by atoms with Crippen LogP contribution in [-0.2, 0) is 14.3 Å². The summed E-state index contributed by atoms with van der Waals surface area (Å²) in [7, 11) is 0. The van der Waals surface area contributed by atoms with E-state index in [4.69, 9.17) is 9.47 Å². The van der Waals surface area contributed by atoms with Gasteiger partial charge < -0.3 is 9.47 Å². The molecule has 1 heterocycles. The first-order valence-electron chi connectivity index (χ1n) is 12.2. The highest BCUT2D eigenvalue weighted by atomic mass is 16.6. The van der Waals surface area contributed by atoms with E-state index in [1.807, 2.05) is 13.0 Å². The highest BCUT2D eigenvalue weighted by Crippen LogP contribution is 2.16. The van der Waals surface area contributed by atoms with Gasteiger partial charge in [0.1, 0.15) is 0 Å². The molecule has 3 nitrogen and oxygen atoms in total. The van der Waals surface area contributed by atoms with Gasteiger partial charge in [-0.2, -0.15) is 0 Å². The van der Waals surface area contributed by atoms with Gasteiger partial charge in [-0.15, -0.1) is 0 Å². The van der Waals surface area contributed by atoms with Gasteiger partial charge in [0.25, 0.3) is 0 Å². The van der Waals surface area contributed by atoms with Crippen LogP contribution in [0.15, 0.2) is 11.6 Å². The van der Waals surface area contributed by atoms with Gasteiger partial charge >= 0.3 is 5.97 Å². The van der Waals surface area contributed by atoms with Crippen LogP contribution in [0, 0.1) is 0 Å². The van der Waals surface area contributed by atoms with Crippen LogP contribution in [0.3, 0.4) is 0 Å². The van der Waals surface area contributed by atoms with E-state index in [9.17, 15) is 4.79 Å². The zero-order valence-corrected chi connectivity index (χ0v) is 18.8. The summed E-state index contributed by atoms with van der Waals surface area (Å²) < 4.78 is 10.5. The molecular weight excluding hydrogens is 348 g/mol. The Hall–Kier alpha value is -0.830. The maximum absolute atomic E-state index is 11.8. The minimum atomic E-state index is -0.165. The number of carbonyl (C=O) groups excluding carboxylic acids is 1. The van der Waals surface area contributed by atoms with E-state index < -0.39 is 0 Å². The zero-order chi connectivity index (χ0) is 20.3. The van der Waals surface area contributed by atoms with Gasteiger partial charge in [-0.3, -0.25) is 0 Å². The van der Waals surface area contributed by atoms with Crippen LogP contribution in [0.25, 0.3) is 0 Å². The molecule has 0 N–H and O–H groups in total. The van der Waals surface area contributed by atoms with Crippen LogP contribution in [-0.4, -0.2) is 25.3 Å². The predicted molar refractivity (Wildman–Crippen MR) is 119 cm³/mol. The van der Waals surface area contributed by atoms with Crippen molar-refractivity contribution < 1.29 is 14.3 Å². The van der Waals surface area contributed by atoms with Crippen LogP contribution < -0.4 is 0 Å². The Labute approximate surface area is 174 Å². The average Bonchev–Trinajstić information content (AvgIpc) is 3.52. The summed E-state index contributed by atoms with van der Waals surface area (Å²) in [6.07, 6.45) is 24.8. The minimum Gasteiger partial charge on any atom is -0.462 e. The van der Waals surface area contributed by atoms with Crippen molar-refractivity contribution in [1.82, 2.24) is 0 Å². The van der Waals surface area contributed by atoms with Crippen LogP contribution >= 0.6 is 0 Å². The Balaban J connectivity index is 1.73. The molecule has 28 heavy (non-hydrogen) atoms. The molecule has 0 radical (unpaired) electrons. The fourth-order valence-corrected chi connectivity index (χ4v) is 3.52. The molecule has 1 atom stereocenters. The highest BCUT2D eigenvalue weighted by Gasteiger charge is 2.21. The number of unbranched alkanes of at least 4 members (excludes halogenated alkanes) is 15. The van der Waals surface area contributed by atoms with Crippen molar-refractivity contribution in [3.05, 3.63) is 11.6 Å². The third-order valence-corrected chi connectivity index (χ3v) is 5.64. The SMILES string of the molecule is CCCCCCCCCCCCCCCCCCOC(=O)C(C)=CCC1CO1. The van der Waals surface area contributed by atoms with Gasteiger partial charge in [0.2, 0.25) is 0 Å². The smallest absolute Gasteiger partial charge is 0.333 e. The number of hydrogen-bond donors (Lipinski definition) is 0. The molecule has 0 bridgehead atoms. The zero-order valence-electron chi connectivity index (χ0n) is 18.8. The predicted octanol–water partition coefficient (Wildman–Crippen LogP) is 7.53. The molecule has 0 aromatic carbocycles. The third-order valence-electron chi connectivity index (χ3n) is 5.64. The lowest BCUT2D eigenvalue weighted by Crippen LogP contribution is -2.07.